The van der Waals surface area contributed by atoms with Crippen molar-refractivity contribution in [3.8, 4) is 0 Å². The van der Waals surface area contributed by atoms with E-state index in [2.05, 4.69) is 13.8 Å². The Bertz CT molecular complexity index is 485. The topological polar surface area (TPSA) is 33.4 Å². The van der Waals surface area contributed by atoms with Crippen LogP contribution in [0, 0.1) is 22.2 Å². The highest BCUT2D eigenvalue weighted by atomic mass is 16.3. The van der Waals surface area contributed by atoms with Gasteiger partial charge in [0, 0.05) is 6.42 Å². The lowest BCUT2D eigenvalue weighted by molar-refractivity contribution is -0.185. The second-order valence-electron chi connectivity index (χ2n) is 8.84. The van der Waals surface area contributed by atoms with Crippen molar-refractivity contribution in [2.45, 2.75) is 64.9 Å². The molecule has 4 bridgehead atoms. The minimum absolute atomic E-state index is 0.167. The summed E-state index contributed by atoms with van der Waals surface area (Å²) >= 11 is 0. The fraction of sp³-hybridized carbons (Fsp3) is 0.778. The highest BCUT2D eigenvalue weighted by Gasteiger charge is 2.61. The largest absolute Gasteiger partial charge is 0.472 e. The predicted molar refractivity (Wildman–Crippen MR) is 78.3 cm³/mol. The number of aliphatic hydroxyl groups is 1. The summed E-state index contributed by atoms with van der Waals surface area (Å²) in [5.74, 6) is 0.847. The van der Waals surface area contributed by atoms with Gasteiger partial charge in [0.15, 0.2) is 0 Å². The van der Waals surface area contributed by atoms with Crippen molar-refractivity contribution < 1.29 is 9.52 Å². The van der Waals surface area contributed by atoms with Crippen LogP contribution in [0.4, 0.5) is 0 Å². The van der Waals surface area contributed by atoms with Gasteiger partial charge in [0.05, 0.1) is 18.6 Å². The summed E-state index contributed by atoms with van der Waals surface area (Å²) in [7, 11) is 0. The summed E-state index contributed by atoms with van der Waals surface area (Å²) in [5.41, 5.74) is 2.26. The van der Waals surface area contributed by atoms with Crippen molar-refractivity contribution in [3.05, 3.63) is 24.2 Å². The molecule has 1 aromatic rings. The molecule has 2 heteroatoms. The van der Waals surface area contributed by atoms with E-state index in [-0.39, 0.29) is 11.5 Å². The predicted octanol–water partition coefficient (Wildman–Crippen LogP) is 4.18. The number of rotatable bonds is 3. The summed E-state index contributed by atoms with van der Waals surface area (Å²) in [6.07, 6.45) is 11.9. The van der Waals surface area contributed by atoms with Crippen molar-refractivity contribution in [1.29, 1.82) is 0 Å². The van der Waals surface area contributed by atoms with Gasteiger partial charge < -0.3 is 9.52 Å². The monoisotopic (exact) mass is 274 g/mol. The Kier molecular flexibility index (Phi) is 2.53. The highest BCUT2D eigenvalue weighted by Crippen LogP contribution is 2.70. The molecule has 0 radical (unpaired) electrons. The molecule has 3 atom stereocenters. The number of hydrogen-bond acceptors (Lipinski definition) is 2. The van der Waals surface area contributed by atoms with E-state index < -0.39 is 0 Å². The zero-order valence-corrected chi connectivity index (χ0v) is 12.7. The summed E-state index contributed by atoms with van der Waals surface area (Å²) in [4.78, 5) is 0. The molecule has 2 nitrogen and oxygen atoms in total. The molecule has 1 aromatic heterocycles. The molecule has 4 aliphatic carbocycles. The van der Waals surface area contributed by atoms with Gasteiger partial charge in [0.1, 0.15) is 0 Å². The Balaban J connectivity index is 1.63. The lowest BCUT2D eigenvalue weighted by Gasteiger charge is -2.66. The van der Waals surface area contributed by atoms with Gasteiger partial charge in [-0.2, -0.15) is 0 Å². The Labute approximate surface area is 121 Å². The molecule has 0 aliphatic heterocycles. The maximum absolute atomic E-state index is 11.0. The quantitative estimate of drug-likeness (QED) is 0.897. The third kappa shape index (κ3) is 1.88. The van der Waals surface area contributed by atoms with Crippen molar-refractivity contribution in [2.75, 3.05) is 0 Å². The summed E-state index contributed by atoms with van der Waals surface area (Å²) in [5, 5.41) is 11.0. The average molecular weight is 274 g/mol. The van der Waals surface area contributed by atoms with Crippen LogP contribution in [-0.4, -0.2) is 11.2 Å². The maximum Gasteiger partial charge on any atom is 0.0935 e. The molecule has 1 heterocycles. The highest BCUT2D eigenvalue weighted by molar-refractivity contribution is 5.15. The molecule has 3 unspecified atom stereocenters. The van der Waals surface area contributed by atoms with Crippen LogP contribution < -0.4 is 0 Å². The van der Waals surface area contributed by atoms with E-state index >= 15 is 0 Å². The second-order valence-corrected chi connectivity index (χ2v) is 8.84. The van der Waals surface area contributed by atoms with Crippen molar-refractivity contribution in [2.24, 2.45) is 22.2 Å². The molecule has 20 heavy (non-hydrogen) atoms. The molecular formula is C18H26O2. The van der Waals surface area contributed by atoms with Crippen LogP contribution >= 0.6 is 0 Å². The third-order valence-corrected chi connectivity index (χ3v) is 6.39. The summed E-state index contributed by atoms with van der Waals surface area (Å²) in [6.45, 7) is 4.93. The third-order valence-electron chi connectivity index (χ3n) is 6.39. The van der Waals surface area contributed by atoms with E-state index in [9.17, 15) is 5.11 Å². The number of aliphatic hydroxyl groups excluding tert-OH is 1. The van der Waals surface area contributed by atoms with Gasteiger partial charge >= 0.3 is 0 Å². The first-order valence-electron chi connectivity index (χ1n) is 8.10. The molecule has 1 N–H and O–H groups in total. The summed E-state index contributed by atoms with van der Waals surface area (Å²) in [6, 6.07) is 1.99. The molecule has 5 rings (SSSR count). The first-order chi connectivity index (χ1) is 9.41. The van der Waals surface area contributed by atoms with Gasteiger partial charge in [-0.05, 0) is 72.3 Å². The normalized spacial score (nSPS) is 47.6. The molecule has 0 aromatic carbocycles. The van der Waals surface area contributed by atoms with E-state index in [4.69, 9.17) is 4.42 Å². The van der Waals surface area contributed by atoms with Crippen molar-refractivity contribution >= 4 is 0 Å². The van der Waals surface area contributed by atoms with Crippen LogP contribution in [0.25, 0.3) is 0 Å². The first kappa shape index (κ1) is 12.9. The van der Waals surface area contributed by atoms with E-state index in [1.807, 2.05) is 6.07 Å². The van der Waals surface area contributed by atoms with Crippen LogP contribution in [0.15, 0.2) is 23.0 Å². The van der Waals surface area contributed by atoms with Crippen molar-refractivity contribution in [3.63, 3.8) is 0 Å². The van der Waals surface area contributed by atoms with E-state index in [0.717, 1.165) is 17.9 Å². The lowest BCUT2D eigenvalue weighted by atomic mass is 9.39. The molecule has 4 aliphatic rings. The fourth-order valence-electron chi connectivity index (χ4n) is 6.76. The molecule has 4 saturated carbocycles. The Morgan fingerprint density at radius 3 is 2.45 bits per heavy atom. The fourth-order valence-corrected chi connectivity index (χ4v) is 6.76. The number of hydrogen-bond donors (Lipinski definition) is 1. The Morgan fingerprint density at radius 1 is 1.20 bits per heavy atom. The van der Waals surface area contributed by atoms with Gasteiger partial charge in [-0.15, -0.1) is 0 Å². The molecular weight excluding hydrogens is 248 g/mol. The minimum atomic E-state index is -0.206. The average Bonchev–Trinajstić information content (AvgIpc) is 2.76. The molecule has 0 saturated heterocycles. The maximum atomic E-state index is 11.0. The minimum Gasteiger partial charge on any atom is -0.472 e. The van der Waals surface area contributed by atoms with E-state index in [1.165, 1.54) is 38.5 Å². The van der Waals surface area contributed by atoms with Gasteiger partial charge in [0.25, 0.3) is 0 Å². The van der Waals surface area contributed by atoms with Crippen molar-refractivity contribution in [1.82, 2.24) is 0 Å². The van der Waals surface area contributed by atoms with Gasteiger partial charge in [0.2, 0.25) is 0 Å². The Hall–Kier alpha value is -0.760. The zero-order chi connectivity index (χ0) is 14.0. The summed E-state index contributed by atoms with van der Waals surface area (Å²) < 4.78 is 5.16. The molecule has 0 spiro atoms. The van der Waals surface area contributed by atoms with Crippen LogP contribution in [0.5, 0.6) is 0 Å². The standard InChI is InChI=1S/C18H26O2/c1-16-6-14-7-17(2,10-16)12-18(8-14,11-16)15(19)5-13-3-4-20-9-13/h3-4,9,14-15,19H,5-8,10-12H2,1-2H3. The van der Waals surface area contributed by atoms with Gasteiger partial charge in [-0.3, -0.25) is 0 Å². The first-order valence-corrected chi connectivity index (χ1v) is 8.10. The van der Waals surface area contributed by atoms with Gasteiger partial charge in [-0.1, -0.05) is 13.8 Å². The van der Waals surface area contributed by atoms with Crippen LogP contribution in [0.3, 0.4) is 0 Å². The molecule has 110 valence electrons. The lowest BCUT2D eigenvalue weighted by Crippen LogP contribution is -2.59. The zero-order valence-electron chi connectivity index (χ0n) is 12.7. The molecule has 0 amide bonds. The Morgan fingerprint density at radius 2 is 1.90 bits per heavy atom. The SMILES string of the molecule is CC12CC3CC(C)(C1)CC(C(O)Cc1ccoc1)(C3)C2. The second kappa shape index (κ2) is 3.91. The van der Waals surface area contributed by atoms with Gasteiger partial charge in [-0.25, -0.2) is 0 Å². The van der Waals surface area contributed by atoms with Crippen LogP contribution in [-0.2, 0) is 6.42 Å². The smallest absolute Gasteiger partial charge is 0.0935 e. The van der Waals surface area contributed by atoms with Crippen LogP contribution in [0.1, 0.15) is 57.9 Å². The van der Waals surface area contributed by atoms with Crippen LogP contribution in [0.2, 0.25) is 0 Å². The molecule has 4 fully saturated rings. The van der Waals surface area contributed by atoms with E-state index in [0.29, 0.717) is 10.8 Å². The number of furan rings is 1. The van der Waals surface area contributed by atoms with E-state index in [1.54, 1.807) is 12.5 Å².